The summed E-state index contributed by atoms with van der Waals surface area (Å²) in [4.78, 5) is 18.5. The zero-order chi connectivity index (χ0) is 15.9. The molecule has 0 aliphatic carbocycles. The number of carbonyl (C=O) groups excluding carboxylic acids is 1. The lowest BCUT2D eigenvalue weighted by atomic mass is 10.2. The maximum Gasteiger partial charge on any atom is 0.245 e. The summed E-state index contributed by atoms with van der Waals surface area (Å²) in [6, 6.07) is 6.99. The molecule has 22 heavy (non-hydrogen) atoms. The highest BCUT2D eigenvalue weighted by molar-refractivity contribution is 7.91. The maximum absolute atomic E-state index is 12.7. The molecule has 0 radical (unpaired) electrons. The average Bonchev–Trinajstić information content (AvgIpc) is 3.08. The molecule has 1 aromatic heterocycles. The van der Waals surface area contributed by atoms with E-state index in [1.807, 2.05) is 35.8 Å². The molecule has 0 unspecified atom stereocenters. The summed E-state index contributed by atoms with van der Waals surface area (Å²) < 4.78 is 25.0. The van der Waals surface area contributed by atoms with E-state index in [4.69, 9.17) is 0 Å². The molecule has 1 saturated heterocycles. The number of sulfone groups is 1. The first kappa shape index (κ1) is 15.0. The molecular formula is C15H19N3O3S. The molecule has 1 fully saturated rings. The van der Waals surface area contributed by atoms with Gasteiger partial charge in [0.2, 0.25) is 5.91 Å². The molecule has 1 aromatic carbocycles. The summed E-state index contributed by atoms with van der Waals surface area (Å²) in [6.07, 6.45) is 2.18. The predicted octanol–water partition coefficient (Wildman–Crippen LogP) is 1.24. The van der Waals surface area contributed by atoms with Crippen molar-refractivity contribution in [1.29, 1.82) is 0 Å². The summed E-state index contributed by atoms with van der Waals surface area (Å²) in [5, 5.41) is 0. The van der Waals surface area contributed by atoms with Crippen LogP contribution in [0.15, 0.2) is 30.6 Å². The molecule has 2 heterocycles. The van der Waals surface area contributed by atoms with Crippen molar-refractivity contribution in [1.82, 2.24) is 14.5 Å². The van der Waals surface area contributed by atoms with Gasteiger partial charge in [-0.05, 0) is 25.5 Å². The van der Waals surface area contributed by atoms with Crippen molar-refractivity contribution in [2.75, 3.05) is 18.6 Å². The van der Waals surface area contributed by atoms with E-state index < -0.39 is 15.9 Å². The second-order valence-electron chi connectivity index (χ2n) is 5.82. The van der Waals surface area contributed by atoms with Crippen LogP contribution in [0.25, 0.3) is 11.0 Å². The van der Waals surface area contributed by atoms with E-state index in [-0.39, 0.29) is 23.5 Å². The molecule has 3 rings (SSSR count). The predicted molar refractivity (Wildman–Crippen MR) is 84.3 cm³/mol. The third kappa shape index (κ3) is 2.61. The Morgan fingerprint density at radius 2 is 2.14 bits per heavy atom. The topological polar surface area (TPSA) is 72.3 Å². The van der Waals surface area contributed by atoms with Crippen LogP contribution in [0.5, 0.6) is 0 Å². The average molecular weight is 321 g/mol. The molecule has 2 atom stereocenters. The van der Waals surface area contributed by atoms with Crippen LogP contribution in [0.3, 0.4) is 0 Å². The number of nitrogens with zero attached hydrogens (tertiary/aromatic N) is 3. The lowest BCUT2D eigenvalue weighted by Crippen LogP contribution is -2.41. The number of benzene rings is 1. The monoisotopic (exact) mass is 321 g/mol. The zero-order valence-corrected chi connectivity index (χ0v) is 13.5. The van der Waals surface area contributed by atoms with Crippen molar-refractivity contribution in [2.24, 2.45) is 0 Å². The molecule has 6 nitrogen and oxygen atoms in total. The molecule has 0 spiro atoms. The highest BCUT2D eigenvalue weighted by atomic mass is 32.2. The lowest BCUT2D eigenvalue weighted by molar-refractivity contribution is -0.134. The summed E-state index contributed by atoms with van der Waals surface area (Å²) in [7, 11) is -1.32. The van der Waals surface area contributed by atoms with Crippen LogP contribution < -0.4 is 0 Å². The highest BCUT2D eigenvalue weighted by Gasteiger charge is 2.34. The summed E-state index contributed by atoms with van der Waals surface area (Å²) in [5.41, 5.74) is 1.74. The summed E-state index contributed by atoms with van der Waals surface area (Å²) in [5.74, 6) is 0.134. The lowest BCUT2D eigenvalue weighted by Gasteiger charge is -2.27. The standard InChI is InChI=1S/C15H19N3O3S/c1-11(18-10-16-13-5-3-4-6-14(13)18)15(19)17(2)12-7-8-22(20,21)9-12/h3-6,10-12H,7-9H2,1-2H3/t11-,12+/m0/s1. The van der Waals surface area contributed by atoms with Crippen LogP contribution in [0, 0.1) is 0 Å². The molecule has 1 amide bonds. The molecule has 0 bridgehead atoms. The van der Waals surface area contributed by atoms with Gasteiger partial charge in [0, 0.05) is 13.1 Å². The minimum absolute atomic E-state index is 0.0621. The van der Waals surface area contributed by atoms with Crippen LogP contribution in [0.1, 0.15) is 19.4 Å². The van der Waals surface area contributed by atoms with Gasteiger partial charge >= 0.3 is 0 Å². The van der Waals surface area contributed by atoms with Gasteiger partial charge in [0.1, 0.15) is 6.04 Å². The van der Waals surface area contributed by atoms with E-state index in [9.17, 15) is 13.2 Å². The first-order chi connectivity index (χ1) is 10.4. The second-order valence-corrected chi connectivity index (χ2v) is 8.05. The van der Waals surface area contributed by atoms with Crippen molar-refractivity contribution in [3.05, 3.63) is 30.6 Å². The zero-order valence-electron chi connectivity index (χ0n) is 12.6. The Balaban J connectivity index is 1.82. The number of hydrogen-bond donors (Lipinski definition) is 0. The first-order valence-electron chi connectivity index (χ1n) is 7.28. The van der Waals surface area contributed by atoms with Gasteiger partial charge in [-0.15, -0.1) is 0 Å². The molecule has 118 valence electrons. The third-order valence-corrected chi connectivity index (χ3v) is 6.11. The Kier molecular flexibility index (Phi) is 3.68. The Morgan fingerprint density at radius 3 is 2.82 bits per heavy atom. The Labute approximate surface area is 129 Å². The SMILES string of the molecule is C[C@@H](C(=O)N(C)[C@@H]1CCS(=O)(=O)C1)n1cnc2ccccc21. The molecule has 1 aliphatic heterocycles. The number of likely N-dealkylation sites (N-methyl/N-ethyl adjacent to an activating group) is 1. The van der Waals surface area contributed by atoms with Gasteiger partial charge in [0.15, 0.2) is 9.84 Å². The van der Waals surface area contributed by atoms with Crippen LogP contribution in [0.2, 0.25) is 0 Å². The van der Waals surface area contributed by atoms with Gasteiger partial charge in [0.05, 0.1) is 28.9 Å². The molecule has 7 heteroatoms. The third-order valence-electron chi connectivity index (χ3n) is 4.36. The van der Waals surface area contributed by atoms with Gasteiger partial charge in [0.25, 0.3) is 0 Å². The number of para-hydroxylation sites is 2. The molecular weight excluding hydrogens is 302 g/mol. The fourth-order valence-electron chi connectivity index (χ4n) is 2.96. The quantitative estimate of drug-likeness (QED) is 0.853. The largest absolute Gasteiger partial charge is 0.340 e. The van der Waals surface area contributed by atoms with E-state index in [0.717, 1.165) is 11.0 Å². The van der Waals surface area contributed by atoms with Gasteiger partial charge in [-0.2, -0.15) is 0 Å². The number of carbonyl (C=O) groups is 1. The highest BCUT2D eigenvalue weighted by Crippen LogP contribution is 2.22. The number of rotatable bonds is 3. The molecule has 1 aliphatic rings. The van der Waals surface area contributed by atoms with Gasteiger partial charge < -0.3 is 9.47 Å². The van der Waals surface area contributed by atoms with Crippen molar-refractivity contribution in [3.8, 4) is 0 Å². The number of hydrogen-bond acceptors (Lipinski definition) is 4. The minimum Gasteiger partial charge on any atom is -0.340 e. The van der Waals surface area contributed by atoms with Crippen LogP contribution in [-0.4, -0.2) is 53.4 Å². The van der Waals surface area contributed by atoms with Crippen molar-refractivity contribution in [3.63, 3.8) is 0 Å². The smallest absolute Gasteiger partial charge is 0.245 e. The van der Waals surface area contributed by atoms with Crippen molar-refractivity contribution in [2.45, 2.75) is 25.4 Å². The van der Waals surface area contributed by atoms with E-state index >= 15 is 0 Å². The normalized spacial score (nSPS) is 21.8. The van der Waals surface area contributed by atoms with Crippen molar-refractivity contribution >= 4 is 26.8 Å². The summed E-state index contributed by atoms with van der Waals surface area (Å²) in [6.45, 7) is 1.82. The molecule has 0 N–H and O–H groups in total. The van der Waals surface area contributed by atoms with Gasteiger partial charge in [-0.25, -0.2) is 13.4 Å². The van der Waals surface area contributed by atoms with E-state index in [1.54, 1.807) is 18.3 Å². The van der Waals surface area contributed by atoms with Gasteiger partial charge in [-0.1, -0.05) is 12.1 Å². The Bertz CT molecular complexity index is 812. The molecule has 0 saturated carbocycles. The van der Waals surface area contributed by atoms with Crippen LogP contribution >= 0.6 is 0 Å². The second kappa shape index (κ2) is 5.39. The number of fused-ring (bicyclic) bond motifs is 1. The van der Waals surface area contributed by atoms with Crippen LogP contribution in [0.4, 0.5) is 0 Å². The van der Waals surface area contributed by atoms with E-state index in [2.05, 4.69) is 4.98 Å². The van der Waals surface area contributed by atoms with Gasteiger partial charge in [-0.3, -0.25) is 4.79 Å². The fourth-order valence-corrected chi connectivity index (χ4v) is 4.74. The fraction of sp³-hybridized carbons (Fsp3) is 0.467. The van der Waals surface area contributed by atoms with E-state index in [0.29, 0.717) is 6.42 Å². The Hall–Kier alpha value is -1.89. The first-order valence-corrected chi connectivity index (χ1v) is 9.10. The number of imidazole rings is 1. The van der Waals surface area contributed by atoms with Crippen LogP contribution in [-0.2, 0) is 14.6 Å². The summed E-state index contributed by atoms with van der Waals surface area (Å²) >= 11 is 0. The molecule has 2 aromatic rings. The number of aromatic nitrogens is 2. The van der Waals surface area contributed by atoms with Crippen molar-refractivity contribution < 1.29 is 13.2 Å². The minimum atomic E-state index is -3.00. The Morgan fingerprint density at radius 1 is 1.41 bits per heavy atom. The number of amides is 1. The maximum atomic E-state index is 12.7. The van der Waals surface area contributed by atoms with E-state index in [1.165, 1.54) is 0 Å².